The summed E-state index contributed by atoms with van der Waals surface area (Å²) in [6.07, 6.45) is 3.29. The number of piperidine rings is 1. The van der Waals surface area contributed by atoms with E-state index in [2.05, 4.69) is 15.2 Å². The molecule has 36 heavy (non-hydrogen) atoms. The van der Waals surface area contributed by atoms with Crippen LogP contribution in [0.5, 0.6) is 0 Å². The molecule has 0 spiro atoms. The van der Waals surface area contributed by atoms with Crippen molar-refractivity contribution in [1.82, 2.24) is 20.1 Å². The first-order chi connectivity index (χ1) is 17.5. The molecule has 2 aromatic carbocycles. The lowest BCUT2D eigenvalue weighted by Gasteiger charge is -2.32. The van der Waals surface area contributed by atoms with Crippen molar-refractivity contribution in [3.05, 3.63) is 89.4 Å². The molecule has 1 aromatic heterocycles. The first-order valence-electron chi connectivity index (χ1n) is 12.6. The molecule has 3 aromatic rings. The predicted molar refractivity (Wildman–Crippen MR) is 139 cm³/mol. The highest BCUT2D eigenvalue weighted by Gasteiger charge is 2.22. The van der Waals surface area contributed by atoms with E-state index in [0.29, 0.717) is 29.9 Å². The van der Waals surface area contributed by atoms with Crippen LogP contribution in [0.25, 0.3) is 11.3 Å². The van der Waals surface area contributed by atoms with E-state index in [1.165, 1.54) is 17.7 Å². The summed E-state index contributed by atoms with van der Waals surface area (Å²) in [4.78, 5) is 33.7. The van der Waals surface area contributed by atoms with Crippen molar-refractivity contribution >= 4 is 11.8 Å². The van der Waals surface area contributed by atoms with Gasteiger partial charge in [-0.2, -0.15) is 0 Å². The summed E-state index contributed by atoms with van der Waals surface area (Å²) in [6, 6.07) is 17.7. The van der Waals surface area contributed by atoms with Crippen LogP contribution in [0.3, 0.4) is 0 Å². The minimum absolute atomic E-state index is 0.0712. The molecule has 6 nitrogen and oxygen atoms in total. The number of hydrogen-bond acceptors (Lipinski definition) is 4. The summed E-state index contributed by atoms with van der Waals surface area (Å²) < 4.78 is 13.5. The largest absolute Gasteiger partial charge is 0.349 e. The molecule has 1 saturated heterocycles. The number of amides is 2. The molecule has 0 unspecified atom stereocenters. The first kappa shape index (κ1) is 25.5. The van der Waals surface area contributed by atoms with Gasteiger partial charge in [0.2, 0.25) is 0 Å². The van der Waals surface area contributed by atoms with E-state index in [1.807, 2.05) is 43.0 Å². The lowest BCUT2D eigenvalue weighted by Crippen LogP contribution is -2.44. The number of hydrogen-bond donors (Lipinski definition) is 1. The third-order valence-corrected chi connectivity index (χ3v) is 6.73. The summed E-state index contributed by atoms with van der Waals surface area (Å²) in [5.74, 6) is -0.382. The maximum Gasteiger partial charge on any atom is 0.253 e. The Morgan fingerprint density at radius 2 is 1.69 bits per heavy atom. The average molecular weight is 489 g/mol. The second-order valence-corrected chi connectivity index (χ2v) is 9.14. The number of likely N-dealkylation sites (tertiary alicyclic amines) is 1. The van der Waals surface area contributed by atoms with E-state index in [-0.39, 0.29) is 23.7 Å². The molecular weight excluding hydrogens is 455 g/mol. The molecule has 0 radical (unpaired) electrons. The van der Waals surface area contributed by atoms with Crippen LogP contribution in [-0.4, -0.2) is 58.8 Å². The Bertz CT molecular complexity index is 1170. The van der Waals surface area contributed by atoms with Crippen LogP contribution < -0.4 is 5.32 Å². The topological polar surface area (TPSA) is 65.5 Å². The van der Waals surface area contributed by atoms with Crippen LogP contribution in [-0.2, 0) is 6.54 Å². The lowest BCUT2D eigenvalue weighted by molar-refractivity contribution is 0.0772. The molecule has 1 fully saturated rings. The van der Waals surface area contributed by atoms with E-state index >= 15 is 0 Å². The number of carbonyl (C=O) groups is 2. The normalized spacial score (nSPS) is 14.4. The van der Waals surface area contributed by atoms with Crippen LogP contribution >= 0.6 is 0 Å². The van der Waals surface area contributed by atoms with Crippen molar-refractivity contribution < 1.29 is 14.0 Å². The summed E-state index contributed by atoms with van der Waals surface area (Å²) >= 11 is 0. The molecular formula is C29H33FN4O2. The van der Waals surface area contributed by atoms with Crippen molar-refractivity contribution in [1.29, 1.82) is 0 Å². The van der Waals surface area contributed by atoms with Gasteiger partial charge in [-0.3, -0.25) is 19.5 Å². The molecule has 2 amide bonds. The molecule has 2 heterocycles. The van der Waals surface area contributed by atoms with Crippen LogP contribution in [0.4, 0.5) is 4.39 Å². The van der Waals surface area contributed by atoms with Crippen LogP contribution in [0.1, 0.15) is 53.0 Å². The van der Waals surface area contributed by atoms with Gasteiger partial charge in [-0.15, -0.1) is 0 Å². The minimum atomic E-state index is -0.315. The Labute approximate surface area is 212 Å². The van der Waals surface area contributed by atoms with Crippen molar-refractivity contribution in [2.24, 2.45) is 0 Å². The monoisotopic (exact) mass is 488 g/mol. The zero-order chi connectivity index (χ0) is 25.5. The van der Waals surface area contributed by atoms with Gasteiger partial charge in [0.25, 0.3) is 11.8 Å². The molecule has 188 valence electrons. The number of nitrogens with one attached hydrogen (secondary N) is 1. The molecule has 1 aliphatic heterocycles. The molecule has 0 atom stereocenters. The fourth-order valence-electron chi connectivity index (χ4n) is 4.56. The minimum Gasteiger partial charge on any atom is -0.349 e. The standard InChI is InChI=1S/C29H33FN4O2/c1-3-34(4-2)29(36)22-10-8-21(9-11-22)20-33-16-14-26(15-17-33)32-28(35)24-12-13-27(31-19-24)23-6-5-7-25(30)18-23/h5-13,18-19,26H,3-4,14-17,20H2,1-2H3,(H,32,35). The van der Waals surface area contributed by atoms with Gasteiger partial charge in [-0.25, -0.2) is 4.39 Å². The fraction of sp³-hybridized carbons (Fsp3) is 0.345. The number of rotatable bonds is 8. The fourth-order valence-corrected chi connectivity index (χ4v) is 4.56. The zero-order valence-corrected chi connectivity index (χ0v) is 20.9. The first-order valence-corrected chi connectivity index (χ1v) is 12.6. The molecule has 1 aliphatic rings. The predicted octanol–water partition coefficient (Wildman–Crippen LogP) is 4.76. The van der Waals surface area contributed by atoms with Crippen LogP contribution in [0.2, 0.25) is 0 Å². The van der Waals surface area contributed by atoms with Gasteiger partial charge in [0.05, 0.1) is 11.3 Å². The van der Waals surface area contributed by atoms with Gasteiger partial charge >= 0.3 is 0 Å². The van der Waals surface area contributed by atoms with Crippen molar-refractivity contribution in [2.75, 3.05) is 26.2 Å². The molecule has 7 heteroatoms. The van der Waals surface area contributed by atoms with Crippen molar-refractivity contribution in [3.8, 4) is 11.3 Å². The number of nitrogens with zero attached hydrogens (tertiary/aromatic N) is 3. The molecule has 0 saturated carbocycles. The summed E-state index contributed by atoms with van der Waals surface area (Å²) in [5.41, 5.74) is 3.71. The van der Waals surface area contributed by atoms with E-state index in [9.17, 15) is 14.0 Å². The third-order valence-electron chi connectivity index (χ3n) is 6.73. The Kier molecular flexibility index (Phi) is 8.44. The smallest absolute Gasteiger partial charge is 0.253 e. The van der Waals surface area contributed by atoms with E-state index in [4.69, 9.17) is 0 Å². The highest BCUT2D eigenvalue weighted by Crippen LogP contribution is 2.19. The Morgan fingerprint density at radius 3 is 2.31 bits per heavy atom. The molecule has 1 N–H and O–H groups in total. The summed E-state index contributed by atoms with van der Waals surface area (Å²) in [7, 11) is 0. The Balaban J connectivity index is 1.25. The van der Waals surface area contributed by atoms with Gasteiger partial charge in [0.1, 0.15) is 5.82 Å². The second-order valence-electron chi connectivity index (χ2n) is 9.14. The Morgan fingerprint density at radius 1 is 1.00 bits per heavy atom. The maximum absolute atomic E-state index is 13.5. The highest BCUT2D eigenvalue weighted by molar-refractivity contribution is 5.94. The van der Waals surface area contributed by atoms with Gasteiger partial charge < -0.3 is 10.2 Å². The average Bonchev–Trinajstić information content (AvgIpc) is 2.91. The quantitative estimate of drug-likeness (QED) is 0.496. The second kappa shape index (κ2) is 11.9. The van der Waals surface area contributed by atoms with Gasteiger partial charge in [-0.1, -0.05) is 24.3 Å². The zero-order valence-electron chi connectivity index (χ0n) is 20.9. The summed E-state index contributed by atoms with van der Waals surface area (Å²) in [5, 5.41) is 3.12. The van der Waals surface area contributed by atoms with Crippen LogP contribution in [0, 0.1) is 5.82 Å². The van der Waals surface area contributed by atoms with Gasteiger partial charge in [0, 0.05) is 56.1 Å². The summed E-state index contributed by atoms with van der Waals surface area (Å²) in [6.45, 7) is 8.00. The number of aromatic nitrogens is 1. The van der Waals surface area contributed by atoms with E-state index in [0.717, 1.165) is 38.0 Å². The number of benzene rings is 2. The van der Waals surface area contributed by atoms with E-state index in [1.54, 1.807) is 30.5 Å². The highest BCUT2D eigenvalue weighted by atomic mass is 19.1. The number of pyridine rings is 1. The number of carbonyl (C=O) groups excluding carboxylic acids is 2. The molecule has 0 aliphatic carbocycles. The van der Waals surface area contributed by atoms with Gasteiger partial charge in [0.15, 0.2) is 0 Å². The SMILES string of the molecule is CCN(CC)C(=O)c1ccc(CN2CCC(NC(=O)c3ccc(-c4cccc(F)c4)nc3)CC2)cc1. The van der Waals surface area contributed by atoms with Gasteiger partial charge in [-0.05, 0) is 68.7 Å². The Hall–Kier alpha value is -3.58. The van der Waals surface area contributed by atoms with Crippen molar-refractivity contribution in [3.63, 3.8) is 0 Å². The molecule has 0 bridgehead atoms. The van der Waals surface area contributed by atoms with E-state index < -0.39 is 0 Å². The van der Waals surface area contributed by atoms with Crippen molar-refractivity contribution in [2.45, 2.75) is 39.3 Å². The lowest BCUT2D eigenvalue weighted by atomic mass is 10.0. The molecule has 4 rings (SSSR count). The maximum atomic E-state index is 13.5. The van der Waals surface area contributed by atoms with Crippen LogP contribution in [0.15, 0.2) is 66.9 Å². The third kappa shape index (κ3) is 6.34. The number of halogens is 1.